The summed E-state index contributed by atoms with van der Waals surface area (Å²) in [5, 5.41) is 0.765. The third-order valence-electron chi connectivity index (χ3n) is 5.36. The first-order valence-electron chi connectivity index (χ1n) is 9.69. The van der Waals surface area contributed by atoms with Crippen LogP contribution in [0.3, 0.4) is 0 Å². The van der Waals surface area contributed by atoms with Crippen LogP contribution >= 0.6 is 11.6 Å². The fraction of sp³-hybridized carbons (Fsp3) is 0.304. The maximum Gasteiger partial charge on any atom is 0.142 e. The van der Waals surface area contributed by atoms with Gasteiger partial charge >= 0.3 is 0 Å². The first kappa shape index (κ1) is 18.9. The summed E-state index contributed by atoms with van der Waals surface area (Å²) in [4.78, 5) is 8.46. The number of rotatable bonds is 5. The van der Waals surface area contributed by atoms with Gasteiger partial charge in [0.15, 0.2) is 0 Å². The SMILES string of the molecule is COc1ccccc1N1CCN(Cc2cc(C)[nH]c2-c2ccc(Cl)cc2)CC1. The van der Waals surface area contributed by atoms with E-state index >= 15 is 0 Å². The van der Waals surface area contributed by atoms with Crippen molar-refractivity contribution in [3.8, 4) is 17.0 Å². The van der Waals surface area contributed by atoms with Crippen LogP contribution < -0.4 is 9.64 Å². The molecule has 1 aliphatic rings. The number of hydrogen-bond acceptors (Lipinski definition) is 3. The molecule has 4 rings (SSSR count). The van der Waals surface area contributed by atoms with Crippen molar-refractivity contribution in [2.24, 2.45) is 0 Å². The van der Waals surface area contributed by atoms with Crippen molar-refractivity contribution in [2.45, 2.75) is 13.5 Å². The summed E-state index contributed by atoms with van der Waals surface area (Å²) in [6.07, 6.45) is 0. The summed E-state index contributed by atoms with van der Waals surface area (Å²) < 4.78 is 5.53. The normalized spacial score (nSPS) is 15.0. The van der Waals surface area contributed by atoms with Gasteiger partial charge in [-0.2, -0.15) is 0 Å². The Bertz CT molecular complexity index is 927. The van der Waals surface area contributed by atoms with Crippen LogP contribution in [0.1, 0.15) is 11.3 Å². The molecule has 0 radical (unpaired) electrons. The Morgan fingerprint density at radius 1 is 1.00 bits per heavy atom. The molecule has 0 atom stereocenters. The third kappa shape index (κ3) is 4.03. The third-order valence-corrected chi connectivity index (χ3v) is 5.61. The molecule has 0 unspecified atom stereocenters. The molecule has 1 aliphatic heterocycles. The number of methoxy groups -OCH3 is 1. The summed E-state index contributed by atoms with van der Waals surface area (Å²) in [7, 11) is 1.74. The number of benzene rings is 2. The topological polar surface area (TPSA) is 31.5 Å². The molecule has 1 N–H and O–H groups in total. The maximum atomic E-state index is 6.05. The van der Waals surface area contributed by atoms with E-state index in [1.165, 1.54) is 28.2 Å². The number of halogens is 1. The number of piperazine rings is 1. The van der Waals surface area contributed by atoms with E-state index in [1.54, 1.807) is 7.11 Å². The van der Waals surface area contributed by atoms with Gasteiger partial charge in [0.05, 0.1) is 18.5 Å². The first-order chi connectivity index (χ1) is 13.6. The van der Waals surface area contributed by atoms with Crippen LogP contribution in [0.4, 0.5) is 5.69 Å². The van der Waals surface area contributed by atoms with E-state index in [1.807, 2.05) is 24.3 Å². The summed E-state index contributed by atoms with van der Waals surface area (Å²) in [6.45, 7) is 7.12. The van der Waals surface area contributed by atoms with Crippen molar-refractivity contribution < 1.29 is 4.74 Å². The molecule has 0 aliphatic carbocycles. The monoisotopic (exact) mass is 395 g/mol. The molecule has 3 aromatic rings. The van der Waals surface area contributed by atoms with E-state index in [-0.39, 0.29) is 0 Å². The van der Waals surface area contributed by atoms with Crippen molar-refractivity contribution >= 4 is 17.3 Å². The molecule has 5 heteroatoms. The minimum atomic E-state index is 0.765. The number of nitrogens with one attached hydrogen (secondary N) is 1. The van der Waals surface area contributed by atoms with E-state index < -0.39 is 0 Å². The van der Waals surface area contributed by atoms with E-state index in [4.69, 9.17) is 16.3 Å². The Kier molecular flexibility index (Phi) is 5.60. The summed E-state index contributed by atoms with van der Waals surface area (Å²) in [5.41, 5.74) is 6.09. The molecule has 1 fully saturated rings. The maximum absolute atomic E-state index is 6.05. The van der Waals surface area contributed by atoms with Crippen LogP contribution in [0.25, 0.3) is 11.3 Å². The van der Waals surface area contributed by atoms with Crippen molar-refractivity contribution in [1.82, 2.24) is 9.88 Å². The quantitative estimate of drug-likeness (QED) is 0.661. The van der Waals surface area contributed by atoms with Crippen LogP contribution in [0.5, 0.6) is 5.75 Å². The zero-order valence-electron chi connectivity index (χ0n) is 16.4. The number of hydrogen-bond donors (Lipinski definition) is 1. The van der Waals surface area contributed by atoms with Crippen molar-refractivity contribution in [2.75, 3.05) is 38.2 Å². The van der Waals surface area contributed by atoms with Crippen molar-refractivity contribution in [3.63, 3.8) is 0 Å². The second-order valence-corrected chi connectivity index (χ2v) is 7.73. The molecule has 0 saturated carbocycles. The van der Waals surface area contributed by atoms with Gasteiger partial charge in [-0.3, -0.25) is 4.90 Å². The van der Waals surface area contributed by atoms with Crippen LogP contribution in [-0.2, 0) is 6.54 Å². The molecular weight excluding hydrogens is 370 g/mol. The average molecular weight is 396 g/mol. The second kappa shape index (κ2) is 8.29. The summed E-state index contributed by atoms with van der Waals surface area (Å²) in [5.74, 6) is 0.947. The van der Waals surface area contributed by atoms with Gasteiger partial charge in [0.1, 0.15) is 5.75 Å². The Labute approximate surface area is 171 Å². The Hall–Kier alpha value is -2.43. The lowest BCUT2D eigenvalue weighted by Crippen LogP contribution is -2.46. The molecule has 2 aromatic carbocycles. The number of para-hydroxylation sites is 2. The Balaban J connectivity index is 1.45. The number of H-pyrrole nitrogens is 1. The molecular formula is C23H26ClN3O. The van der Waals surface area contributed by atoms with Gasteiger partial charge in [-0.1, -0.05) is 35.9 Å². The lowest BCUT2D eigenvalue weighted by molar-refractivity contribution is 0.249. The minimum absolute atomic E-state index is 0.765. The number of ether oxygens (including phenoxy) is 1. The fourth-order valence-electron chi connectivity index (χ4n) is 3.92. The van der Waals surface area contributed by atoms with Gasteiger partial charge in [0.25, 0.3) is 0 Å². The van der Waals surface area contributed by atoms with Crippen molar-refractivity contribution in [3.05, 3.63) is 70.9 Å². The smallest absolute Gasteiger partial charge is 0.142 e. The van der Waals surface area contributed by atoms with Gasteiger partial charge in [0.2, 0.25) is 0 Å². The van der Waals surface area contributed by atoms with Gasteiger partial charge in [-0.15, -0.1) is 0 Å². The second-order valence-electron chi connectivity index (χ2n) is 7.29. The highest BCUT2D eigenvalue weighted by Gasteiger charge is 2.21. The molecule has 0 spiro atoms. The number of anilines is 1. The zero-order valence-corrected chi connectivity index (χ0v) is 17.2. The van der Waals surface area contributed by atoms with Crippen LogP contribution in [0, 0.1) is 6.92 Å². The lowest BCUT2D eigenvalue weighted by atomic mass is 10.1. The highest BCUT2D eigenvalue weighted by atomic mass is 35.5. The van der Waals surface area contributed by atoms with E-state index in [0.29, 0.717) is 0 Å². The van der Waals surface area contributed by atoms with Gasteiger partial charge in [-0.05, 0) is 48.4 Å². The molecule has 0 amide bonds. The van der Waals surface area contributed by atoms with Crippen LogP contribution in [-0.4, -0.2) is 43.2 Å². The molecule has 28 heavy (non-hydrogen) atoms. The number of aromatic nitrogens is 1. The zero-order chi connectivity index (χ0) is 19.5. The summed E-state index contributed by atoms with van der Waals surface area (Å²) in [6, 6.07) is 18.6. The van der Waals surface area contributed by atoms with Crippen molar-refractivity contribution in [1.29, 1.82) is 0 Å². The predicted molar refractivity (Wildman–Crippen MR) is 116 cm³/mol. The number of aryl methyl sites for hydroxylation is 1. The predicted octanol–water partition coefficient (Wildman–Crippen LogP) is 4.97. The van der Waals surface area contributed by atoms with E-state index in [9.17, 15) is 0 Å². The lowest BCUT2D eigenvalue weighted by Gasteiger charge is -2.36. The number of aromatic amines is 1. The highest BCUT2D eigenvalue weighted by molar-refractivity contribution is 6.30. The molecule has 146 valence electrons. The van der Waals surface area contributed by atoms with Gasteiger partial charge < -0.3 is 14.6 Å². The average Bonchev–Trinajstić information content (AvgIpc) is 3.09. The Morgan fingerprint density at radius 3 is 2.43 bits per heavy atom. The molecule has 2 heterocycles. The standard InChI is InChI=1S/C23H26ClN3O/c1-17-15-19(23(25-17)18-7-9-20(24)10-8-18)16-26-11-13-27(14-12-26)21-5-3-4-6-22(21)28-2/h3-10,15,25H,11-14,16H2,1-2H3. The highest BCUT2D eigenvalue weighted by Crippen LogP contribution is 2.30. The van der Waals surface area contributed by atoms with Gasteiger partial charge in [-0.25, -0.2) is 0 Å². The van der Waals surface area contributed by atoms with Crippen LogP contribution in [0.15, 0.2) is 54.6 Å². The molecule has 0 bridgehead atoms. The number of nitrogens with zero attached hydrogens (tertiary/aromatic N) is 2. The minimum Gasteiger partial charge on any atom is -0.495 e. The van der Waals surface area contributed by atoms with Gasteiger partial charge in [0, 0.05) is 43.4 Å². The largest absolute Gasteiger partial charge is 0.495 e. The molecule has 1 aromatic heterocycles. The fourth-order valence-corrected chi connectivity index (χ4v) is 4.05. The van der Waals surface area contributed by atoms with E-state index in [0.717, 1.165) is 43.5 Å². The molecule has 1 saturated heterocycles. The van der Waals surface area contributed by atoms with E-state index in [2.05, 4.69) is 52.0 Å². The first-order valence-corrected chi connectivity index (χ1v) is 10.1. The summed E-state index contributed by atoms with van der Waals surface area (Å²) >= 11 is 6.05. The Morgan fingerprint density at radius 2 is 1.71 bits per heavy atom. The molecule has 4 nitrogen and oxygen atoms in total. The van der Waals surface area contributed by atoms with Crippen LogP contribution in [0.2, 0.25) is 5.02 Å².